The Morgan fingerprint density at radius 1 is 1.25 bits per heavy atom. The standard InChI is InChI=1S/C15H15ClN2O2/c1-3-17(12-7-4-6-11(2)10-12)14-9-5-8-13(16)15(14)18(19)20/h4-10H,3H2,1-2H3. The molecule has 2 aromatic rings. The smallest absolute Gasteiger partial charge is 0.311 e. The van der Waals surface area contributed by atoms with Gasteiger partial charge in [-0.05, 0) is 43.7 Å². The lowest BCUT2D eigenvalue weighted by Gasteiger charge is -2.23. The van der Waals surface area contributed by atoms with E-state index >= 15 is 0 Å². The molecule has 0 saturated heterocycles. The zero-order valence-corrected chi connectivity index (χ0v) is 12.1. The van der Waals surface area contributed by atoms with Crippen molar-refractivity contribution in [2.24, 2.45) is 0 Å². The van der Waals surface area contributed by atoms with Crippen molar-refractivity contribution < 1.29 is 4.92 Å². The summed E-state index contributed by atoms with van der Waals surface area (Å²) in [6.45, 7) is 4.56. The molecular formula is C15H15ClN2O2. The second-order valence-electron chi connectivity index (χ2n) is 4.45. The molecule has 104 valence electrons. The van der Waals surface area contributed by atoms with Gasteiger partial charge in [-0.25, -0.2) is 0 Å². The summed E-state index contributed by atoms with van der Waals surface area (Å²) in [6, 6.07) is 12.8. The third kappa shape index (κ3) is 2.75. The minimum absolute atomic E-state index is 0.0578. The molecule has 0 N–H and O–H groups in total. The van der Waals surface area contributed by atoms with Crippen molar-refractivity contribution in [2.75, 3.05) is 11.4 Å². The molecule has 0 aliphatic rings. The summed E-state index contributed by atoms with van der Waals surface area (Å²) in [4.78, 5) is 12.7. The lowest BCUT2D eigenvalue weighted by molar-refractivity contribution is -0.383. The highest BCUT2D eigenvalue weighted by atomic mass is 35.5. The van der Waals surface area contributed by atoms with E-state index in [4.69, 9.17) is 11.6 Å². The Kier molecular flexibility index (Phi) is 4.25. The minimum atomic E-state index is -0.434. The molecule has 0 radical (unpaired) electrons. The zero-order valence-electron chi connectivity index (χ0n) is 11.3. The molecular weight excluding hydrogens is 276 g/mol. The number of para-hydroxylation sites is 1. The number of aryl methyl sites for hydroxylation is 1. The Hall–Kier alpha value is -2.07. The largest absolute Gasteiger partial charge is 0.336 e. The Balaban J connectivity index is 2.58. The molecule has 4 nitrogen and oxygen atoms in total. The first-order valence-electron chi connectivity index (χ1n) is 6.31. The monoisotopic (exact) mass is 290 g/mol. The molecule has 0 aliphatic heterocycles. The van der Waals surface area contributed by atoms with Gasteiger partial charge in [0.25, 0.3) is 0 Å². The van der Waals surface area contributed by atoms with Crippen molar-refractivity contribution in [3.8, 4) is 0 Å². The van der Waals surface area contributed by atoms with Crippen molar-refractivity contribution >= 4 is 28.7 Å². The summed E-state index contributed by atoms with van der Waals surface area (Å²) in [7, 11) is 0. The molecule has 0 aliphatic carbocycles. The van der Waals surface area contributed by atoms with Gasteiger partial charge in [-0.1, -0.05) is 29.8 Å². The van der Waals surface area contributed by atoms with Crippen molar-refractivity contribution in [1.82, 2.24) is 0 Å². The summed E-state index contributed by atoms with van der Waals surface area (Å²) in [5.41, 5.74) is 2.47. The number of nitrogens with zero attached hydrogens (tertiary/aromatic N) is 2. The maximum absolute atomic E-state index is 11.3. The third-order valence-corrected chi connectivity index (χ3v) is 3.37. The topological polar surface area (TPSA) is 46.4 Å². The molecule has 0 amide bonds. The lowest BCUT2D eigenvalue weighted by Crippen LogP contribution is -2.17. The van der Waals surface area contributed by atoms with Gasteiger partial charge in [0, 0.05) is 12.2 Å². The van der Waals surface area contributed by atoms with Gasteiger partial charge in [0.1, 0.15) is 10.7 Å². The van der Waals surface area contributed by atoms with E-state index in [-0.39, 0.29) is 10.7 Å². The Morgan fingerprint density at radius 2 is 1.95 bits per heavy atom. The summed E-state index contributed by atoms with van der Waals surface area (Å²) in [5.74, 6) is 0. The van der Waals surface area contributed by atoms with E-state index in [0.29, 0.717) is 12.2 Å². The quantitative estimate of drug-likeness (QED) is 0.605. The van der Waals surface area contributed by atoms with Crippen LogP contribution in [0.25, 0.3) is 0 Å². The van der Waals surface area contributed by atoms with Crippen LogP contribution in [0, 0.1) is 17.0 Å². The first-order valence-corrected chi connectivity index (χ1v) is 6.69. The Labute approximate surface area is 122 Å². The van der Waals surface area contributed by atoms with Crippen LogP contribution in [-0.4, -0.2) is 11.5 Å². The van der Waals surface area contributed by atoms with Crippen LogP contribution in [-0.2, 0) is 0 Å². The van der Waals surface area contributed by atoms with Gasteiger partial charge in [-0.2, -0.15) is 0 Å². The molecule has 0 unspecified atom stereocenters. The number of hydrogen-bond acceptors (Lipinski definition) is 3. The predicted molar refractivity (Wildman–Crippen MR) is 82.0 cm³/mol. The van der Waals surface area contributed by atoms with E-state index in [1.807, 2.05) is 43.0 Å². The number of halogens is 1. The van der Waals surface area contributed by atoms with Gasteiger partial charge in [0.15, 0.2) is 0 Å². The van der Waals surface area contributed by atoms with E-state index in [0.717, 1.165) is 11.3 Å². The second kappa shape index (κ2) is 5.92. The number of hydrogen-bond donors (Lipinski definition) is 0. The van der Waals surface area contributed by atoms with Gasteiger partial charge in [-0.3, -0.25) is 10.1 Å². The van der Waals surface area contributed by atoms with Crippen molar-refractivity contribution in [2.45, 2.75) is 13.8 Å². The minimum Gasteiger partial charge on any atom is -0.336 e. The van der Waals surface area contributed by atoms with E-state index in [2.05, 4.69) is 0 Å². The Morgan fingerprint density at radius 3 is 2.55 bits per heavy atom. The maximum Gasteiger partial charge on any atom is 0.311 e. The number of benzene rings is 2. The second-order valence-corrected chi connectivity index (χ2v) is 4.86. The van der Waals surface area contributed by atoms with Gasteiger partial charge in [0.05, 0.1) is 4.92 Å². The van der Waals surface area contributed by atoms with Crippen molar-refractivity contribution in [3.63, 3.8) is 0 Å². The SMILES string of the molecule is CCN(c1cccc(C)c1)c1cccc(Cl)c1[N+](=O)[O-]. The molecule has 5 heteroatoms. The van der Waals surface area contributed by atoms with Crippen molar-refractivity contribution in [1.29, 1.82) is 0 Å². The fraction of sp³-hybridized carbons (Fsp3) is 0.200. The summed E-state index contributed by atoms with van der Waals surface area (Å²) in [5, 5.41) is 11.4. The molecule has 0 saturated carbocycles. The molecule has 0 fully saturated rings. The number of anilines is 2. The van der Waals surface area contributed by atoms with Crippen LogP contribution in [0.1, 0.15) is 12.5 Å². The van der Waals surface area contributed by atoms with Crippen LogP contribution < -0.4 is 4.90 Å². The fourth-order valence-electron chi connectivity index (χ4n) is 2.19. The van der Waals surface area contributed by atoms with Crippen LogP contribution in [0.3, 0.4) is 0 Å². The summed E-state index contributed by atoms with van der Waals surface area (Å²) < 4.78 is 0. The average Bonchev–Trinajstić information content (AvgIpc) is 2.39. The highest BCUT2D eigenvalue weighted by Crippen LogP contribution is 2.38. The number of nitro benzene ring substituents is 1. The molecule has 20 heavy (non-hydrogen) atoms. The number of nitro groups is 1. The molecule has 0 aromatic heterocycles. The average molecular weight is 291 g/mol. The fourth-order valence-corrected chi connectivity index (χ4v) is 2.43. The highest BCUT2D eigenvalue weighted by molar-refractivity contribution is 6.33. The van der Waals surface area contributed by atoms with Gasteiger partial charge < -0.3 is 4.90 Å². The van der Waals surface area contributed by atoms with Gasteiger partial charge in [-0.15, -0.1) is 0 Å². The Bertz CT molecular complexity index is 644. The first kappa shape index (κ1) is 14.3. The molecule has 2 rings (SSSR count). The van der Waals surface area contributed by atoms with Crippen molar-refractivity contribution in [3.05, 3.63) is 63.2 Å². The van der Waals surface area contributed by atoms with E-state index in [1.54, 1.807) is 12.1 Å². The van der Waals surface area contributed by atoms with Crippen LogP contribution in [0.4, 0.5) is 17.1 Å². The van der Waals surface area contributed by atoms with E-state index in [9.17, 15) is 10.1 Å². The summed E-state index contributed by atoms with van der Waals surface area (Å²) in [6.07, 6.45) is 0. The first-order chi connectivity index (χ1) is 9.54. The van der Waals surface area contributed by atoms with E-state index in [1.165, 1.54) is 6.07 Å². The molecule has 0 bridgehead atoms. The maximum atomic E-state index is 11.3. The van der Waals surface area contributed by atoms with Gasteiger partial charge >= 0.3 is 5.69 Å². The molecule has 2 aromatic carbocycles. The lowest BCUT2D eigenvalue weighted by atomic mass is 10.1. The van der Waals surface area contributed by atoms with Crippen LogP contribution >= 0.6 is 11.6 Å². The summed E-state index contributed by atoms with van der Waals surface area (Å²) >= 11 is 5.98. The van der Waals surface area contributed by atoms with Crippen LogP contribution in [0.15, 0.2) is 42.5 Å². The molecule has 0 spiro atoms. The molecule has 0 atom stereocenters. The van der Waals surface area contributed by atoms with Crippen LogP contribution in [0.5, 0.6) is 0 Å². The predicted octanol–water partition coefficient (Wildman–Crippen LogP) is 4.71. The number of rotatable bonds is 4. The zero-order chi connectivity index (χ0) is 14.7. The molecule has 0 heterocycles. The normalized spacial score (nSPS) is 10.3. The van der Waals surface area contributed by atoms with Crippen LogP contribution in [0.2, 0.25) is 5.02 Å². The third-order valence-electron chi connectivity index (χ3n) is 3.07. The van der Waals surface area contributed by atoms with Gasteiger partial charge in [0.2, 0.25) is 0 Å². The van der Waals surface area contributed by atoms with E-state index < -0.39 is 4.92 Å². The highest BCUT2D eigenvalue weighted by Gasteiger charge is 2.23.